The second-order valence-corrected chi connectivity index (χ2v) is 10.8. The number of aryl methyl sites for hydroxylation is 1. The predicted octanol–water partition coefficient (Wildman–Crippen LogP) is 7.91. The fraction of sp³-hybridized carbons (Fsp3) is 0.167. The van der Waals surface area contributed by atoms with Gasteiger partial charge in [0.25, 0.3) is 0 Å². The van der Waals surface area contributed by atoms with E-state index >= 15 is 0 Å². The van der Waals surface area contributed by atoms with Gasteiger partial charge in [0.1, 0.15) is 0 Å². The third kappa shape index (κ3) is 2.86. The fourth-order valence-electron chi connectivity index (χ4n) is 7.57. The minimum absolute atomic E-state index is 0.288. The topological polar surface area (TPSA) is 3.24 Å². The van der Waals surface area contributed by atoms with Crippen LogP contribution >= 0.6 is 0 Å². The molecule has 1 spiro atoms. The molecule has 0 fully saturated rings. The van der Waals surface area contributed by atoms with Crippen LogP contribution in [-0.4, -0.2) is 6.54 Å². The van der Waals surface area contributed by atoms with Crippen molar-refractivity contribution in [3.05, 3.63) is 160 Å². The van der Waals surface area contributed by atoms with Gasteiger partial charge in [0.05, 0.1) is 5.41 Å². The summed E-state index contributed by atoms with van der Waals surface area (Å²) >= 11 is 0. The molecule has 2 aliphatic carbocycles. The van der Waals surface area contributed by atoms with Crippen molar-refractivity contribution in [2.45, 2.75) is 31.2 Å². The second kappa shape index (κ2) is 7.95. The molecule has 1 nitrogen and oxygen atoms in total. The fourth-order valence-corrected chi connectivity index (χ4v) is 7.57. The summed E-state index contributed by atoms with van der Waals surface area (Å²) in [6.45, 7) is 2.05. The average molecular weight is 476 g/mol. The molecule has 0 aromatic heterocycles. The van der Waals surface area contributed by atoms with E-state index in [-0.39, 0.29) is 5.41 Å². The summed E-state index contributed by atoms with van der Waals surface area (Å²) in [5, 5.41) is 0. The first kappa shape index (κ1) is 21.0. The van der Waals surface area contributed by atoms with Crippen molar-refractivity contribution >= 4 is 5.69 Å². The Labute approximate surface area is 219 Å². The van der Waals surface area contributed by atoms with Crippen LogP contribution in [0.25, 0.3) is 11.1 Å². The monoisotopic (exact) mass is 475 g/mol. The van der Waals surface area contributed by atoms with Gasteiger partial charge >= 0.3 is 0 Å². The Kier molecular flexibility index (Phi) is 4.52. The lowest BCUT2D eigenvalue weighted by atomic mass is 9.60. The van der Waals surface area contributed by atoms with Crippen LogP contribution in [0.15, 0.2) is 115 Å². The van der Waals surface area contributed by atoms with E-state index in [1.807, 2.05) is 0 Å². The number of nitrogens with zero attached hydrogens (tertiary/aromatic N) is 1. The highest BCUT2D eigenvalue weighted by atomic mass is 15.1. The molecule has 0 saturated heterocycles. The molecule has 0 unspecified atom stereocenters. The Morgan fingerprint density at radius 3 is 1.97 bits per heavy atom. The third-order valence-corrected chi connectivity index (χ3v) is 8.93. The molecule has 0 saturated carbocycles. The van der Waals surface area contributed by atoms with Crippen molar-refractivity contribution in [3.8, 4) is 11.1 Å². The van der Waals surface area contributed by atoms with E-state index in [1.54, 1.807) is 0 Å². The summed E-state index contributed by atoms with van der Waals surface area (Å²) in [6, 6.07) is 43.5. The van der Waals surface area contributed by atoms with Gasteiger partial charge in [0.15, 0.2) is 0 Å². The molecule has 5 aromatic rings. The molecular weight excluding hydrogens is 446 g/mol. The number of fused-ring (bicyclic) bond motifs is 10. The molecule has 0 atom stereocenters. The molecule has 0 bridgehead atoms. The molecule has 1 heterocycles. The zero-order valence-corrected chi connectivity index (χ0v) is 21.0. The van der Waals surface area contributed by atoms with Gasteiger partial charge in [-0.3, -0.25) is 0 Å². The van der Waals surface area contributed by atoms with E-state index in [0.717, 1.165) is 19.5 Å². The number of rotatable bonds is 2. The number of benzene rings is 5. The van der Waals surface area contributed by atoms with Crippen molar-refractivity contribution < 1.29 is 0 Å². The molecule has 0 radical (unpaired) electrons. The van der Waals surface area contributed by atoms with E-state index in [4.69, 9.17) is 0 Å². The number of anilines is 1. The van der Waals surface area contributed by atoms with Gasteiger partial charge in [-0.1, -0.05) is 109 Å². The smallest absolute Gasteiger partial charge is 0.0722 e. The van der Waals surface area contributed by atoms with Crippen molar-refractivity contribution in [3.63, 3.8) is 0 Å². The highest BCUT2D eigenvalue weighted by Gasteiger charge is 2.50. The van der Waals surface area contributed by atoms with E-state index < -0.39 is 0 Å². The molecule has 8 rings (SSSR count). The highest BCUT2D eigenvalue weighted by molar-refractivity contribution is 5.88. The van der Waals surface area contributed by atoms with Gasteiger partial charge in [-0.15, -0.1) is 0 Å². The Morgan fingerprint density at radius 2 is 1.19 bits per heavy atom. The first-order valence-electron chi connectivity index (χ1n) is 13.6. The molecule has 5 aromatic carbocycles. The van der Waals surface area contributed by atoms with E-state index in [2.05, 4.69) is 120 Å². The third-order valence-electron chi connectivity index (χ3n) is 8.93. The van der Waals surface area contributed by atoms with Gasteiger partial charge in [-0.2, -0.15) is 0 Å². The first-order valence-corrected chi connectivity index (χ1v) is 13.6. The van der Waals surface area contributed by atoms with Gasteiger partial charge in [-0.05, 0) is 81.0 Å². The Balaban J connectivity index is 1.42. The second-order valence-electron chi connectivity index (χ2n) is 10.8. The van der Waals surface area contributed by atoms with Gasteiger partial charge < -0.3 is 4.90 Å². The maximum atomic E-state index is 2.62. The summed E-state index contributed by atoms with van der Waals surface area (Å²) in [7, 11) is 0. The molecular formula is C36H29N. The lowest BCUT2D eigenvalue weighted by molar-refractivity contribution is 0.666. The van der Waals surface area contributed by atoms with Crippen LogP contribution in [-0.2, 0) is 24.8 Å². The minimum Gasteiger partial charge on any atom is -0.367 e. The summed E-state index contributed by atoms with van der Waals surface area (Å²) in [4.78, 5) is 2.62. The largest absolute Gasteiger partial charge is 0.367 e. The molecule has 37 heavy (non-hydrogen) atoms. The molecule has 178 valence electrons. The lowest BCUT2D eigenvalue weighted by Gasteiger charge is -2.42. The number of hydrogen-bond acceptors (Lipinski definition) is 1. The van der Waals surface area contributed by atoms with Crippen LogP contribution in [0.2, 0.25) is 0 Å². The Morgan fingerprint density at radius 1 is 0.568 bits per heavy atom. The molecule has 1 heteroatoms. The Hall–Kier alpha value is -4.10. The van der Waals surface area contributed by atoms with Gasteiger partial charge in [0, 0.05) is 18.8 Å². The van der Waals surface area contributed by atoms with E-state index in [1.165, 1.54) is 74.2 Å². The SMILES string of the molecule is c1ccc2c(c1)CCCN2Cc1cccc2c1C1(c3ccccc3C2)c2ccccc2-c2ccccc21. The van der Waals surface area contributed by atoms with Crippen LogP contribution < -0.4 is 4.90 Å². The normalized spacial score (nSPS) is 15.9. The van der Waals surface area contributed by atoms with E-state index in [0.29, 0.717) is 0 Å². The van der Waals surface area contributed by atoms with Crippen molar-refractivity contribution in [2.24, 2.45) is 0 Å². The summed E-state index contributed by atoms with van der Waals surface area (Å²) in [6.07, 6.45) is 3.38. The summed E-state index contributed by atoms with van der Waals surface area (Å²) < 4.78 is 0. The van der Waals surface area contributed by atoms with E-state index in [9.17, 15) is 0 Å². The van der Waals surface area contributed by atoms with Gasteiger partial charge in [0.2, 0.25) is 0 Å². The van der Waals surface area contributed by atoms with Crippen LogP contribution in [0.5, 0.6) is 0 Å². The van der Waals surface area contributed by atoms with Crippen LogP contribution in [0.1, 0.15) is 50.9 Å². The molecule has 1 aliphatic heterocycles. The zero-order chi connectivity index (χ0) is 24.4. The summed E-state index contributed by atoms with van der Waals surface area (Å²) in [5.74, 6) is 0. The van der Waals surface area contributed by atoms with Crippen molar-refractivity contribution in [1.82, 2.24) is 0 Å². The van der Waals surface area contributed by atoms with Crippen molar-refractivity contribution in [2.75, 3.05) is 11.4 Å². The van der Waals surface area contributed by atoms with Crippen LogP contribution in [0.3, 0.4) is 0 Å². The molecule has 3 aliphatic rings. The maximum Gasteiger partial charge on any atom is 0.0722 e. The van der Waals surface area contributed by atoms with Gasteiger partial charge in [-0.25, -0.2) is 0 Å². The lowest BCUT2D eigenvalue weighted by Crippen LogP contribution is -2.37. The quantitative estimate of drug-likeness (QED) is 0.246. The summed E-state index contributed by atoms with van der Waals surface area (Å²) in [5.41, 5.74) is 15.5. The Bertz CT molecular complexity index is 1630. The number of para-hydroxylation sites is 1. The van der Waals surface area contributed by atoms with Crippen LogP contribution in [0, 0.1) is 0 Å². The van der Waals surface area contributed by atoms with Crippen molar-refractivity contribution in [1.29, 1.82) is 0 Å². The minimum atomic E-state index is -0.288. The number of hydrogen-bond donors (Lipinski definition) is 0. The van der Waals surface area contributed by atoms with Crippen LogP contribution in [0.4, 0.5) is 5.69 Å². The standard InChI is InChI=1S/C36H29N/c1-5-18-31-26(12-1)23-27-13-9-14-28(24-37-22-10-15-25-11-2-8-21-34(25)37)35(27)36(31)32-19-6-3-16-29(32)30-17-4-7-20-33(30)36/h1-9,11-14,16-21H,10,15,22-24H2. The zero-order valence-electron chi connectivity index (χ0n) is 21.0. The molecule has 0 amide bonds. The first-order chi connectivity index (χ1) is 18.4. The highest BCUT2D eigenvalue weighted by Crippen LogP contribution is 2.60. The average Bonchev–Trinajstić information content (AvgIpc) is 3.24. The predicted molar refractivity (Wildman–Crippen MR) is 152 cm³/mol. The maximum absolute atomic E-state index is 2.62. The molecule has 0 N–H and O–H groups in total.